The number of hydrogen-bond donors (Lipinski definition) is 1. The first-order valence-electron chi connectivity index (χ1n) is 9.89. The molecule has 2 rings (SSSR count). The van der Waals surface area contributed by atoms with Crippen molar-refractivity contribution < 1.29 is 9.47 Å². The van der Waals surface area contributed by atoms with E-state index in [1.807, 2.05) is 13.2 Å². The molecule has 0 aliphatic carbocycles. The normalized spacial score (nSPS) is 11.0. The summed E-state index contributed by atoms with van der Waals surface area (Å²) < 4.78 is 11.4. The van der Waals surface area contributed by atoms with Crippen molar-refractivity contribution in [2.24, 2.45) is 0 Å². The Morgan fingerprint density at radius 1 is 1.07 bits per heavy atom. The number of aromatic nitrogens is 2. The molecule has 5 nitrogen and oxygen atoms in total. The van der Waals surface area contributed by atoms with Crippen LogP contribution in [0, 0.1) is 6.92 Å². The lowest BCUT2D eigenvalue weighted by Gasteiger charge is -2.19. The summed E-state index contributed by atoms with van der Waals surface area (Å²) in [6.45, 7) is 9.41. The summed E-state index contributed by atoms with van der Waals surface area (Å²) in [7, 11) is 3.37. The summed E-state index contributed by atoms with van der Waals surface area (Å²) in [5.74, 6) is 2.74. The molecule has 0 unspecified atom stereocenters. The summed E-state index contributed by atoms with van der Waals surface area (Å²) >= 11 is 1.59. The molecular formula is C22H33N3O2S. The molecule has 1 heterocycles. The average molecular weight is 404 g/mol. The van der Waals surface area contributed by atoms with Gasteiger partial charge < -0.3 is 14.8 Å². The Kier molecular flexibility index (Phi) is 8.42. The molecule has 28 heavy (non-hydrogen) atoms. The first-order chi connectivity index (χ1) is 13.5. The number of hydrogen-bond acceptors (Lipinski definition) is 6. The lowest BCUT2D eigenvalue weighted by atomic mass is 9.98. The summed E-state index contributed by atoms with van der Waals surface area (Å²) in [5, 5.41) is 4.33. The van der Waals surface area contributed by atoms with E-state index in [2.05, 4.69) is 38.2 Å². The second-order valence-electron chi connectivity index (χ2n) is 7.10. The minimum Gasteiger partial charge on any atom is -0.496 e. The molecule has 0 atom stereocenters. The van der Waals surface area contributed by atoms with Gasteiger partial charge in [0.05, 0.1) is 25.5 Å². The number of nitrogens with one attached hydrogen (secondary N) is 1. The number of ether oxygens (including phenoxy) is 2. The van der Waals surface area contributed by atoms with Crippen LogP contribution in [0.5, 0.6) is 11.5 Å². The van der Waals surface area contributed by atoms with Gasteiger partial charge in [0.15, 0.2) is 5.82 Å². The molecular weight excluding hydrogens is 370 g/mol. The molecule has 6 heteroatoms. The van der Waals surface area contributed by atoms with Crippen LogP contribution in [-0.2, 0) is 0 Å². The number of rotatable bonds is 10. The Morgan fingerprint density at radius 2 is 1.71 bits per heavy atom. The lowest BCUT2D eigenvalue weighted by molar-refractivity contribution is 0.395. The molecule has 0 spiro atoms. The zero-order chi connectivity index (χ0) is 20.7. The summed E-state index contributed by atoms with van der Waals surface area (Å²) in [6.07, 6.45) is 5.57. The molecule has 0 amide bonds. The molecule has 2 aromatic rings. The van der Waals surface area contributed by atoms with Gasteiger partial charge in [0, 0.05) is 6.54 Å². The second kappa shape index (κ2) is 10.6. The van der Waals surface area contributed by atoms with Crippen molar-refractivity contribution in [1.82, 2.24) is 9.97 Å². The molecule has 1 aromatic carbocycles. The molecule has 1 aromatic heterocycles. The maximum Gasteiger partial charge on any atom is 0.158 e. The van der Waals surface area contributed by atoms with Crippen molar-refractivity contribution in [3.05, 3.63) is 23.4 Å². The molecule has 0 fully saturated rings. The summed E-state index contributed by atoms with van der Waals surface area (Å²) in [5.41, 5.74) is 3.67. The zero-order valence-electron chi connectivity index (χ0n) is 18.2. The highest BCUT2D eigenvalue weighted by Crippen LogP contribution is 2.42. The number of aryl methyl sites for hydroxylation is 1. The second-order valence-corrected chi connectivity index (χ2v) is 7.90. The lowest BCUT2D eigenvalue weighted by Crippen LogP contribution is -2.08. The molecule has 0 bridgehead atoms. The van der Waals surface area contributed by atoms with E-state index in [0.29, 0.717) is 5.92 Å². The van der Waals surface area contributed by atoms with Gasteiger partial charge in [0.2, 0.25) is 0 Å². The molecule has 154 valence electrons. The minimum absolute atomic E-state index is 0.375. The highest BCUT2D eigenvalue weighted by Gasteiger charge is 2.21. The topological polar surface area (TPSA) is 56.3 Å². The van der Waals surface area contributed by atoms with Crippen LogP contribution in [0.1, 0.15) is 57.2 Å². The van der Waals surface area contributed by atoms with Gasteiger partial charge in [-0.3, -0.25) is 0 Å². The van der Waals surface area contributed by atoms with Gasteiger partial charge in [0.1, 0.15) is 22.2 Å². The minimum atomic E-state index is 0.375. The van der Waals surface area contributed by atoms with Gasteiger partial charge in [-0.25, -0.2) is 9.97 Å². The van der Waals surface area contributed by atoms with Crippen LogP contribution in [0.4, 0.5) is 5.82 Å². The number of nitrogens with zero attached hydrogens (tertiary/aromatic N) is 2. The monoisotopic (exact) mass is 403 g/mol. The number of methoxy groups -OCH3 is 2. The third-order valence-electron chi connectivity index (χ3n) is 4.74. The fourth-order valence-electron chi connectivity index (χ4n) is 3.08. The van der Waals surface area contributed by atoms with Crippen molar-refractivity contribution in [3.8, 4) is 22.8 Å². The molecule has 1 N–H and O–H groups in total. The SMILES string of the molecule is CCCCCNc1nc(C)c(-c2c(OC)cc(C(C)C)cc2OC)nc1SC. The van der Waals surface area contributed by atoms with E-state index in [9.17, 15) is 0 Å². The maximum absolute atomic E-state index is 5.71. The van der Waals surface area contributed by atoms with E-state index < -0.39 is 0 Å². The maximum atomic E-state index is 5.71. The van der Waals surface area contributed by atoms with Gasteiger partial charge >= 0.3 is 0 Å². The van der Waals surface area contributed by atoms with Gasteiger partial charge in [-0.1, -0.05) is 33.6 Å². The van der Waals surface area contributed by atoms with Crippen molar-refractivity contribution in [3.63, 3.8) is 0 Å². The molecule has 0 saturated carbocycles. The number of unbranched alkanes of at least 4 members (excludes halogenated alkanes) is 2. The fraction of sp³-hybridized carbons (Fsp3) is 0.545. The van der Waals surface area contributed by atoms with Crippen molar-refractivity contribution in [2.75, 3.05) is 32.3 Å². The molecule has 0 radical (unpaired) electrons. The van der Waals surface area contributed by atoms with Gasteiger partial charge in [-0.15, -0.1) is 11.8 Å². The van der Waals surface area contributed by atoms with Gasteiger partial charge in [-0.05, 0) is 43.2 Å². The van der Waals surface area contributed by atoms with Crippen LogP contribution in [-0.4, -0.2) is 37.0 Å². The van der Waals surface area contributed by atoms with Crippen molar-refractivity contribution in [2.45, 2.75) is 57.9 Å². The van der Waals surface area contributed by atoms with E-state index in [1.165, 1.54) is 18.4 Å². The zero-order valence-corrected chi connectivity index (χ0v) is 19.0. The van der Waals surface area contributed by atoms with Gasteiger partial charge in [-0.2, -0.15) is 0 Å². The highest BCUT2D eigenvalue weighted by atomic mass is 32.2. The summed E-state index contributed by atoms with van der Waals surface area (Å²) in [6, 6.07) is 4.14. The standard InChI is InChI=1S/C22H33N3O2S/c1-8-9-10-11-23-21-22(28-7)25-20(15(4)24-21)19-17(26-5)12-16(14(2)3)13-18(19)27-6/h12-14H,8-11H2,1-7H3,(H,23,24). The Labute approximate surface area is 173 Å². The quantitative estimate of drug-likeness (QED) is 0.393. The van der Waals surface area contributed by atoms with E-state index in [4.69, 9.17) is 19.4 Å². The van der Waals surface area contributed by atoms with Gasteiger partial charge in [0.25, 0.3) is 0 Å². The van der Waals surface area contributed by atoms with Crippen molar-refractivity contribution >= 4 is 17.6 Å². The van der Waals surface area contributed by atoms with E-state index in [1.54, 1.807) is 26.0 Å². The van der Waals surface area contributed by atoms with Crippen molar-refractivity contribution in [1.29, 1.82) is 0 Å². The largest absolute Gasteiger partial charge is 0.496 e. The molecule has 0 aliphatic rings. The summed E-state index contributed by atoms with van der Waals surface area (Å²) in [4.78, 5) is 9.75. The van der Waals surface area contributed by atoms with Crippen LogP contribution in [0.2, 0.25) is 0 Å². The van der Waals surface area contributed by atoms with Crippen LogP contribution in [0.15, 0.2) is 17.2 Å². The van der Waals surface area contributed by atoms with Crippen LogP contribution >= 0.6 is 11.8 Å². The van der Waals surface area contributed by atoms with Crippen LogP contribution in [0.3, 0.4) is 0 Å². The third-order valence-corrected chi connectivity index (χ3v) is 5.41. The first kappa shape index (κ1) is 22.3. The van der Waals surface area contributed by atoms with E-state index >= 15 is 0 Å². The molecule has 0 saturated heterocycles. The Bertz CT molecular complexity index is 769. The van der Waals surface area contributed by atoms with Crippen LogP contribution < -0.4 is 14.8 Å². The van der Waals surface area contributed by atoms with E-state index in [0.717, 1.165) is 52.3 Å². The Morgan fingerprint density at radius 3 is 2.21 bits per heavy atom. The fourth-order valence-corrected chi connectivity index (χ4v) is 3.57. The van der Waals surface area contributed by atoms with Crippen LogP contribution in [0.25, 0.3) is 11.3 Å². The third kappa shape index (κ3) is 5.10. The number of anilines is 1. The van der Waals surface area contributed by atoms with E-state index in [-0.39, 0.29) is 0 Å². The highest BCUT2D eigenvalue weighted by molar-refractivity contribution is 7.98. The number of benzene rings is 1. The molecule has 0 aliphatic heterocycles. The first-order valence-corrected chi connectivity index (χ1v) is 11.1. The number of thioether (sulfide) groups is 1. The predicted octanol–water partition coefficient (Wildman–Crippen LogP) is 5.92. The Hall–Kier alpha value is -1.95. The predicted molar refractivity (Wildman–Crippen MR) is 119 cm³/mol. The smallest absolute Gasteiger partial charge is 0.158 e. The average Bonchev–Trinajstić information content (AvgIpc) is 2.70. The Balaban J connectivity index is 2.52.